The molecule has 1 aliphatic heterocycles. The third-order valence-electron chi connectivity index (χ3n) is 4.28. The minimum absolute atomic E-state index is 0.358. The second-order valence-corrected chi connectivity index (χ2v) is 6.85. The molecule has 0 spiro atoms. The molecule has 0 radical (unpaired) electrons. The molecular formula is C17H23N3OS. The quantitative estimate of drug-likeness (QED) is 0.917. The summed E-state index contributed by atoms with van der Waals surface area (Å²) in [6.07, 6.45) is 3.59. The first-order chi connectivity index (χ1) is 10.7. The maximum absolute atomic E-state index is 10.4. The number of anilines is 1. The average Bonchev–Trinajstić information content (AvgIpc) is 3.17. The second kappa shape index (κ2) is 6.75. The van der Waals surface area contributed by atoms with Gasteiger partial charge in [0.15, 0.2) is 0 Å². The molecule has 3 rings (SSSR count). The van der Waals surface area contributed by atoms with Gasteiger partial charge >= 0.3 is 0 Å². The van der Waals surface area contributed by atoms with E-state index in [9.17, 15) is 5.11 Å². The van der Waals surface area contributed by atoms with E-state index in [1.165, 1.54) is 0 Å². The van der Waals surface area contributed by atoms with Crippen LogP contribution < -0.4 is 4.90 Å². The van der Waals surface area contributed by atoms with Gasteiger partial charge in [0.05, 0.1) is 6.10 Å². The Morgan fingerprint density at radius 2 is 2.32 bits per heavy atom. The standard InChI is InChI=1S/C17H23N3OS/c1-3-13-10-17(19-12(2)18-13)20-8-4-6-14(20)11-15(21)16-7-5-9-22-16/h5,7,9-10,14-15,21H,3-4,6,8,11H2,1-2H3. The van der Waals surface area contributed by atoms with Gasteiger partial charge in [0.2, 0.25) is 0 Å². The van der Waals surface area contributed by atoms with E-state index in [0.717, 1.165) is 54.4 Å². The van der Waals surface area contributed by atoms with Gasteiger partial charge in [-0.15, -0.1) is 11.3 Å². The van der Waals surface area contributed by atoms with E-state index < -0.39 is 0 Å². The number of rotatable bonds is 5. The summed E-state index contributed by atoms with van der Waals surface area (Å²) in [5, 5.41) is 12.5. The summed E-state index contributed by atoms with van der Waals surface area (Å²) in [6, 6.07) is 6.47. The molecule has 1 aliphatic rings. The molecule has 22 heavy (non-hydrogen) atoms. The van der Waals surface area contributed by atoms with Crippen LogP contribution in [0.1, 0.15) is 48.7 Å². The van der Waals surface area contributed by atoms with Crippen LogP contribution in [-0.2, 0) is 6.42 Å². The minimum Gasteiger partial charge on any atom is -0.387 e. The van der Waals surface area contributed by atoms with Crippen LogP contribution in [0.2, 0.25) is 0 Å². The molecule has 4 nitrogen and oxygen atoms in total. The van der Waals surface area contributed by atoms with E-state index in [2.05, 4.69) is 27.9 Å². The third kappa shape index (κ3) is 3.31. The molecule has 1 fully saturated rings. The van der Waals surface area contributed by atoms with Gasteiger partial charge in [-0.3, -0.25) is 0 Å². The van der Waals surface area contributed by atoms with Crippen molar-refractivity contribution in [3.8, 4) is 0 Å². The van der Waals surface area contributed by atoms with Crippen molar-refractivity contribution in [2.75, 3.05) is 11.4 Å². The first kappa shape index (κ1) is 15.4. The van der Waals surface area contributed by atoms with Crippen molar-refractivity contribution in [3.63, 3.8) is 0 Å². The van der Waals surface area contributed by atoms with Crippen LogP contribution in [0.3, 0.4) is 0 Å². The zero-order valence-electron chi connectivity index (χ0n) is 13.2. The molecular weight excluding hydrogens is 294 g/mol. The summed E-state index contributed by atoms with van der Waals surface area (Å²) in [5.74, 6) is 1.85. The van der Waals surface area contributed by atoms with Gasteiger partial charge in [0.25, 0.3) is 0 Å². The lowest BCUT2D eigenvalue weighted by Gasteiger charge is -2.27. The first-order valence-corrected chi connectivity index (χ1v) is 8.88. The number of hydrogen-bond acceptors (Lipinski definition) is 5. The number of hydrogen-bond donors (Lipinski definition) is 1. The second-order valence-electron chi connectivity index (χ2n) is 5.87. The fourth-order valence-corrected chi connectivity index (χ4v) is 3.90. The van der Waals surface area contributed by atoms with E-state index in [1.54, 1.807) is 11.3 Å². The largest absolute Gasteiger partial charge is 0.387 e. The van der Waals surface area contributed by atoms with Gasteiger partial charge < -0.3 is 10.0 Å². The number of nitrogens with zero attached hydrogens (tertiary/aromatic N) is 3. The van der Waals surface area contributed by atoms with Crippen molar-refractivity contribution in [1.82, 2.24) is 9.97 Å². The van der Waals surface area contributed by atoms with Crippen molar-refractivity contribution in [2.24, 2.45) is 0 Å². The highest BCUT2D eigenvalue weighted by Crippen LogP contribution is 2.32. The predicted octanol–water partition coefficient (Wildman–Crippen LogP) is 3.50. The van der Waals surface area contributed by atoms with E-state index in [-0.39, 0.29) is 6.10 Å². The zero-order chi connectivity index (χ0) is 15.5. The first-order valence-electron chi connectivity index (χ1n) is 8.00. The van der Waals surface area contributed by atoms with Gasteiger partial charge in [0, 0.05) is 29.2 Å². The van der Waals surface area contributed by atoms with Crippen LogP contribution in [0, 0.1) is 6.92 Å². The van der Waals surface area contributed by atoms with Crippen molar-refractivity contribution in [1.29, 1.82) is 0 Å². The molecule has 1 saturated heterocycles. The molecule has 118 valence electrons. The van der Waals surface area contributed by atoms with Crippen LogP contribution >= 0.6 is 11.3 Å². The molecule has 2 aromatic rings. The number of aryl methyl sites for hydroxylation is 2. The van der Waals surface area contributed by atoms with E-state index >= 15 is 0 Å². The summed E-state index contributed by atoms with van der Waals surface area (Å²) in [6.45, 7) is 5.09. The van der Waals surface area contributed by atoms with Gasteiger partial charge in [-0.2, -0.15) is 0 Å². The Bertz CT molecular complexity index is 614. The number of aliphatic hydroxyl groups excluding tert-OH is 1. The number of thiophene rings is 1. The third-order valence-corrected chi connectivity index (χ3v) is 5.25. The molecule has 0 saturated carbocycles. The monoisotopic (exact) mass is 317 g/mol. The predicted molar refractivity (Wildman–Crippen MR) is 90.4 cm³/mol. The molecule has 3 heterocycles. The van der Waals surface area contributed by atoms with E-state index in [0.29, 0.717) is 6.04 Å². The van der Waals surface area contributed by atoms with Crippen LogP contribution in [0.15, 0.2) is 23.6 Å². The van der Waals surface area contributed by atoms with Crippen molar-refractivity contribution < 1.29 is 5.11 Å². The summed E-state index contributed by atoms with van der Waals surface area (Å²) in [7, 11) is 0. The molecule has 2 atom stereocenters. The van der Waals surface area contributed by atoms with Crippen molar-refractivity contribution >= 4 is 17.2 Å². The molecule has 2 unspecified atom stereocenters. The van der Waals surface area contributed by atoms with Crippen LogP contribution in [0.4, 0.5) is 5.82 Å². The lowest BCUT2D eigenvalue weighted by atomic mass is 10.1. The maximum Gasteiger partial charge on any atom is 0.132 e. The molecule has 2 aromatic heterocycles. The lowest BCUT2D eigenvalue weighted by Crippen LogP contribution is -2.31. The van der Waals surface area contributed by atoms with Crippen molar-refractivity contribution in [2.45, 2.75) is 51.7 Å². The van der Waals surface area contributed by atoms with Crippen LogP contribution in [0.25, 0.3) is 0 Å². The Hall–Kier alpha value is -1.46. The molecule has 5 heteroatoms. The SMILES string of the molecule is CCc1cc(N2CCCC2CC(O)c2cccs2)nc(C)n1. The number of aromatic nitrogens is 2. The Morgan fingerprint density at radius 3 is 3.05 bits per heavy atom. The Morgan fingerprint density at radius 1 is 1.45 bits per heavy atom. The minimum atomic E-state index is -0.376. The topological polar surface area (TPSA) is 49.2 Å². The molecule has 0 aromatic carbocycles. The van der Waals surface area contributed by atoms with Crippen molar-refractivity contribution in [3.05, 3.63) is 40.0 Å². The highest BCUT2D eigenvalue weighted by molar-refractivity contribution is 7.10. The Labute approximate surface area is 135 Å². The number of aliphatic hydroxyl groups is 1. The fourth-order valence-electron chi connectivity index (χ4n) is 3.18. The fraction of sp³-hybridized carbons (Fsp3) is 0.529. The smallest absolute Gasteiger partial charge is 0.132 e. The maximum atomic E-state index is 10.4. The molecule has 0 aliphatic carbocycles. The van der Waals surface area contributed by atoms with Crippen LogP contribution in [0.5, 0.6) is 0 Å². The summed E-state index contributed by atoms with van der Waals surface area (Å²) >= 11 is 1.63. The summed E-state index contributed by atoms with van der Waals surface area (Å²) in [5.41, 5.74) is 1.09. The lowest BCUT2D eigenvalue weighted by molar-refractivity contribution is 0.161. The highest BCUT2D eigenvalue weighted by atomic mass is 32.1. The van der Waals surface area contributed by atoms with Gasteiger partial charge in [-0.25, -0.2) is 9.97 Å². The Kier molecular flexibility index (Phi) is 4.74. The molecule has 0 amide bonds. The van der Waals surface area contributed by atoms with Gasteiger partial charge in [-0.05, 0) is 44.1 Å². The van der Waals surface area contributed by atoms with Gasteiger partial charge in [0.1, 0.15) is 11.6 Å². The average molecular weight is 317 g/mol. The zero-order valence-corrected chi connectivity index (χ0v) is 14.0. The Balaban J connectivity index is 1.77. The highest BCUT2D eigenvalue weighted by Gasteiger charge is 2.28. The van der Waals surface area contributed by atoms with E-state index in [1.807, 2.05) is 24.4 Å². The molecule has 1 N–H and O–H groups in total. The van der Waals surface area contributed by atoms with Gasteiger partial charge in [-0.1, -0.05) is 13.0 Å². The molecule has 0 bridgehead atoms. The summed E-state index contributed by atoms with van der Waals surface area (Å²) in [4.78, 5) is 12.5. The normalized spacial score (nSPS) is 19.6. The van der Waals surface area contributed by atoms with E-state index in [4.69, 9.17) is 0 Å². The summed E-state index contributed by atoms with van der Waals surface area (Å²) < 4.78 is 0. The van der Waals surface area contributed by atoms with Crippen LogP contribution in [-0.4, -0.2) is 27.7 Å².